The summed E-state index contributed by atoms with van der Waals surface area (Å²) in [6.45, 7) is 3.60. The number of amides is 1. The average Bonchev–Trinajstić information content (AvgIpc) is 3.34. The van der Waals surface area contributed by atoms with Crippen LogP contribution < -0.4 is 14.2 Å². The number of furan rings is 1. The number of hydrogen-bond donors (Lipinski definition) is 2. The topological polar surface area (TPSA) is 139 Å². The van der Waals surface area contributed by atoms with Crippen molar-refractivity contribution >= 4 is 17.8 Å². The van der Waals surface area contributed by atoms with E-state index in [0.29, 0.717) is 42.6 Å². The third kappa shape index (κ3) is 6.14. The maximum absolute atomic E-state index is 12.3. The molecule has 1 amide bonds. The molecule has 0 aliphatic carbocycles. The van der Waals surface area contributed by atoms with E-state index in [1.54, 1.807) is 33.5 Å². The van der Waals surface area contributed by atoms with E-state index in [1.165, 1.54) is 6.26 Å². The smallest absolute Gasteiger partial charge is 0.414 e. The first kappa shape index (κ1) is 24.5. The molecular weight excluding hydrogens is 424 g/mol. The highest BCUT2D eigenvalue weighted by Gasteiger charge is 2.25. The Balaban J connectivity index is 0.000000534. The van der Waals surface area contributed by atoms with Crippen LogP contribution in [0.15, 0.2) is 34.9 Å². The Morgan fingerprint density at radius 1 is 0.906 bits per heavy atom. The Hall–Kier alpha value is -3.73. The van der Waals surface area contributed by atoms with Crippen LogP contribution in [0.1, 0.15) is 16.1 Å². The number of aliphatic carboxylic acids is 2. The number of carbonyl (C=O) groups is 3. The molecule has 1 saturated heterocycles. The fourth-order valence-corrected chi connectivity index (χ4v) is 3.19. The van der Waals surface area contributed by atoms with Gasteiger partial charge in [-0.15, -0.1) is 0 Å². The lowest BCUT2D eigenvalue weighted by Gasteiger charge is -2.34. The van der Waals surface area contributed by atoms with Crippen molar-refractivity contribution in [3.05, 3.63) is 41.9 Å². The molecule has 1 aliphatic heterocycles. The van der Waals surface area contributed by atoms with Gasteiger partial charge in [0.05, 0.1) is 27.6 Å². The Labute approximate surface area is 184 Å². The second kappa shape index (κ2) is 11.6. The molecule has 1 aromatic carbocycles. The molecule has 3 rings (SSSR count). The number of rotatable bonds is 6. The van der Waals surface area contributed by atoms with Gasteiger partial charge in [-0.05, 0) is 18.2 Å². The molecule has 1 aliphatic rings. The van der Waals surface area contributed by atoms with Gasteiger partial charge in [0.2, 0.25) is 5.75 Å². The standard InChI is InChI=1S/C19H24N2O5.C2H2O4/c1-23-15-7-6-14(17(24-2)18(15)25-3)13-20-8-10-21(11-9-20)19(22)16-5-4-12-26-16;3-1(4)2(5)6/h4-7,12H,8-11,13H2,1-3H3;(H,3,4)(H,5,6). The van der Waals surface area contributed by atoms with E-state index < -0.39 is 11.9 Å². The number of carboxylic acids is 2. The van der Waals surface area contributed by atoms with E-state index >= 15 is 0 Å². The van der Waals surface area contributed by atoms with Crippen molar-refractivity contribution in [2.45, 2.75) is 6.54 Å². The second-order valence-electron chi connectivity index (χ2n) is 6.65. The van der Waals surface area contributed by atoms with Crippen LogP contribution in [0.2, 0.25) is 0 Å². The Morgan fingerprint density at radius 2 is 1.53 bits per heavy atom. The Kier molecular flexibility index (Phi) is 8.90. The maximum atomic E-state index is 12.3. The number of carbonyl (C=O) groups excluding carboxylic acids is 1. The van der Waals surface area contributed by atoms with Gasteiger partial charge < -0.3 is 33.7 Å². The third-order valence-corrected chi connectivity index (χ3v) is 4.75. The first-order valence-electron chi connectivity index (χ1n) is 9.61. The molecule has 174 valence electrons. The molecule has 32 heavy (non-hydrogen) atoms. The van der Waals surface area contributed by atoms with E-state index in [9.17, 15) is 4.79 Å². The highest BCUT2D eigenvalue weighted by Crippen LogP contribution is 2.40. The van der Waals surface area contributed by atoms with Gasteiger partial charge in [0.25, 0.3) is 5.91 Å². The molecule has 11 heteroatoms. The number of carboxylic acid groups (broad SMARTS) is 2. The third-order valence-electron chi connectivity index (χ3n) is 4.75. The van der Waals surface area contributed by atoms with Gasteiger partial charge in [-0.1, -0.05) is 6.07 Å². The first-order valence-corrected chi connectivity index (χ1v) is 9.61. The van der Waals surface area contributed by atoms with Gasteiger partial charge in [-0.25, -0.2) is 9.59 Å². The number of methoxy groups -OCH3 is 3. The monoisotopic (exact) mass is 450 g/mol. The molecular formula is C21H26N2O9. The fraction of sp³-hybridized carbons (Fsp3) is 0.381. The van der Waals surface area contributed by atoms with Crippen molar-refractivity contribution < 1.29 is 43.2 Å². The molecule has 1 fully saturated rings. The lowest BCUT2D eigenvalue weighted by atomic mass is 10.1. The lowest BCUT2D eigenvalue weighted by molar-refractivity contribution is -0.159. The zero-order valence-electron chi connectivity index (χ0n) is 18.1. The van der Waals surface area contributed by atoms with Crippen LogP contribution in [-0.4, -0.2) is 85.4 Å². The summed E-state index contributed by atoms with van der Waals surface area (Å²) in [4.78, 5) is 34.7. The van der Waals surface area contributed by atoms with Crippen molar-refractivity contribution in [2.24, 2.45) is 0 Å². The summed E-state index contributed by atoms with van der Waals surface area (Å²) >= 11 is 0. The van der Waals surface area contributed by atoms with Crippen LogP contribution in [0.25, 0.3) is 0 Å². The predicted molar refractivity (Wildman–Crippen MR) is 111 cm³/mol. The molecule has 2 heterocycles. The summed E-state index contributed by atoms with van der Waals surface area (Å²) in [5.74, 6) is -1.40. The summed E-state index contributed by atoms with van der Waals surface area (Å²) in [5.41, 5.74) is 1.02. The highest BCUT2D eigenvalue weighted by atomic mass is 16.5. The van der Waals surface area contributed by atoms with Crippen LogP contribution in [-0.2, 0) is 16.1 Å². The molecule has 11 nitrogen and oxygen atoms in total. The largest absolute Gasteiger partial charge is 0.493 e. The predicted octanol–water partition coefficient (Wildman–Crippen LogP) is 1.42. The molecule has 0 saturated carbocycles. The molecule has 0 bridgehead atoms. The zero-order chi connectivity index (χ0) is 23.7. The normalized spacial score (nSPS) is 13.5. The van der Waals surface area contributed by atoms with Crippen LogP contribution in [0.3, 0.4) is 0 Å². The Bertz CT molecular complexity index is 908. The van der Waals surface area contributed by atoms with Crippen molar-refractivity contribution in [3.63, 3.8) is 0 Å². The summed E-state index contributed by atoms with van der Waals surface area (Å²) < 4.78 is 21.5. The number of benzene rings is 1. The van der Waals surface area contributed by atoms with Gasteiger partial charge >= 0.3 is 11.9 Å². The quantitative estimate of drug-likeness (QED) is 0.621. The van der Waals surface area contributed by atoms with Crippen molar-refractivity contribution in [3.8, 4) is 17.2 Å². The van der Waals surface area contributed by atoms with Gasteiger partial charge in [-0.2, -0.15) is 0 Å². The molecule has 0 radical (unpaired) electrons. The molecule has 1 aromatic heterocycles. The number of ether oxygens (including phenoxy) is 3. The minimum absolute atomic E-state index is 0.0571. The lowest BCUT2D eigenvalue weighted by Crippen LogP contribution is -2.48. The van der Waals surface area contributed by atoms with Gasteiger partial charge in [0.1, 0.15) is 0 Å². The van der Waals surface area contributed by atoms with Crippen molar-refractivity contribution in [2.75, 3.05) is 47.5 Å². The number of hydrogen-bond acceptors (Lipinski definition) is 8. The van der Waals surface area contributed by atoms with Crippen LogP contribution >= 0.6 is 0 Å². The van der Waals surface area contributed by atoms with E-state index in [1.807, 2.05) is 17.0 Å². The van der Waals surface area contributed by atoms with Crippen LogP contribution in [0.4, 0.5) is 0 Å². The van der Waals surface area contributed by atoms with Crippen molar-refractivity contribution in [1.29, 1.82) is 0 Å². The average molecular weight is 450 g/mol. The van der Waals surface area contributed by atoms with Gasteiger partial charge in [-0.3, -0.25) is 9.69 Å². The van der Waals surface area contributed by atoms with Gasteiger partial charge in [0.15, 0.2) is 17.3 Å². The van der Waals surface area contributed by atoms with Crippen LogP contribution in [0.5, 0.6) is 17.2 Å². The molecule has 0 unspecified atom stereocenters. The molecule has 2 N–H and O–H groups in total. The summed E-state index contributed by atoms with van der Waals surface area (Å²) in [7, 11) is 4.83. The summed E-state index contributed by atoms with van der Waals surface area (Å²) in [6.07, 6.45) is 1.52. The zero-order valence-corrected chi connectivity index (χ0v) is 18.1. The minimum Gasteiger partial charge on any atom is -0.493 e. The van der Waals surface area contributed by atoms with E-state index in [2.05, 4.69) is 4.90 Å². The fourth-order valence-electron chi connectivity index (χ4n) is 3.19. The van der Waals surface area contributed by atoms with E-state index in [0.717, 1.165) is 18.7 Å². The first-order chi connectivity index (χ1) is 15.3. The van der Waals surface area contributed by atoms with E-state index in [-0.39, 0.29) is 5.91 Å². The summed E-state index contributed by atoms with van der Waals surface area (Å²) in [6, 6.07) is 7.30. The number of piperazine rings is 1. The molecule has 2 aromatic rings. The highest BCUT2D eigenvalue weighted by molar-refractivity contribution is 6.27. The number of nitrogens with zero attached hydrogens (tertiary/aromatic N) is 2. The Morgan fingerprint density at radius 3 is 2.00 bits per heavy atom. The van der Waals surface area contributed by atoms with E-state index in [4.69, 9.17) is 38.4 Å². The molecule has 0 atom stereocenters. The SMILES string of the molecule is COc1ccc(CN2CCN(C(=O)c3ccco3)CC2)c(OC)c1OC.O=C(O)C(=O)O. The maximum Gasteiger partial charge on any atom is 0.414 e. The van der Waals surface area contributed by atoms with Gasteiger partial charge in [0, 0.05) is 38.3 Å². The minimum atomic E-state index is -1.82. The molecule has 0 spiro atoms. The van der Waals surface area contributed by atoms with Crippen LogP contribution in [0, 0.1) is 0 Å². The van der Waals surface area contributed by atoms with Crippen molar-refractivity contribution in [1.82, 2.24) is 9.80 Å². The summed E-state index contributed by atoms with van der Waals surface area (Å²) in [5, 5.41) is 14.8. The second-order valence-corrected chi connectivity index (χ2v) is 6.65.